The van der Waals surface area contributed by atoms with Gasteiger partial charge in [0.2, 0.25) is 0 Å². The standard InChI is InChI=1S/C24H30N2O4/c1-24(2,3)19-11-6-17(7-12-19)8-15-22(28)30-16-21(27)25-20-13-9-18(10-14-20)23(29)26(4)5/h6-7,9-14H,8,15-16H2,1-5H3,(H,25,27). The Labute approximate surface area is 178 Å². The van der Waals surface area contributed by atoms with Crippen molar-refractivity contribution < 1.29 is 19.1 Å². The summed E-state index contributed by atoms with van der Waals surface area (Å²) < 4.78 is 5.06. The monoisotopic (exact) mass is 410 g/mol. The number of carbonyl (C=O) groups is 3. The van der Waals surface area contributed by atoms with Crippen LogP contribution in [0.3, 0.4) is 0 Å². The van der Waals surface area contributed by atoms with Crippen molar-refractivity contribution in [1.29, 1.82) is 0 Å². The minimum absolute atomic E-state index is 0.0903. The summed E-state index contributed by atoms with van der Waals surface area (Å²) in [6.45, 7) is 6.12. The largest absolute Gasteiger partial charge is 0.456 e. The molecular formula is C24H30N2O4. The van der Waals surface area contributed by atoms with Crippen molar-refractivity contribution in [2.24, 2.45) is 0 Å². The maximum Gasteiger partial charge on any atom is 0.306 e. The van der Waals surface area contributed by atoms with Crippen molar-refractivity contribution in [3.8, 4) is 0 Å². The molecule has 30 heavy (non-hydrogen) atoms. The summed E-state index contributed by atoms with van der Waals surface area (Å²) in [6, 6.07) is 14.7. The molecule has 1 N–H and O–H groups in total. The van der Waals surface area contributed by atoms with E-state index in [1.165, 1.54) is 10.5 Å². The van der Waals surface area contributed by atoms with Crippen molar-refractivity contribution in [3.05, 3.63) is 65.2 Å². The fourth-order valence-electron chi connectivity index (χ4n) is 2.79. The second kappa shape index (κ2) is 10.1. The zero-order valence-electron chi connectivity index (χ0n) is 18.3. The Morgan fingerprint density at radius 2 is 1.53 bits per heavy atom. The third-order valence-corrected chi connectivity index (χ3v) is 4.62. The van der Waals surface area contributed by atoms with Gasteiger partial charge in [0.25, 0.3) is 11.8 Å². The summed E-state index contributed by atoms with van der Waals surface area (Å²) in [5.41, 5.74) is 3.44. The minimum Gasteiger partial charge on any atom is -0.456 e. The number of anilines is 1. The molecule has 0 aliphatic rings. The van der Waals surface area contributed by atoms with Crippen molar-refractivity contribution >= 4 is 23.5 Å². The van der Waals surface area contributed by atoms with E-state index in [1.807, 2.05) is 12.1 Å². The lowest BCUT2D eigenvalue weighted by molar-refractivity contribution is -0.147. The molecule has 0 saturated heterocycles. The number of benzene rings is 2. The Kier molecular flexibility index (Phi) is 7.75. The van der Waals surface area contributed by atoms with E-state index in [0.717, 1.165) is 5.56 Å². The van der Waals surface area contributed by atoms with Gasteiger partial charge in [0.1, 0.15) is 0 Å². The number of aryl methyl sites for hydroxylation is 1. The average Bonchev–Trinajstić information content (AvgIpc) is 2.70. The molecule has 0 aliphatic carbocycles. The molecular weight excluding hydrogens is 380 g/mol. The number of amides is 2. The van der Waals surface area contributed by atoms with Gasteiger partial charge in [0, 0.05) is 31.8 Å². The summed E-state index contributed by atoms with van der Waals surface area (Å²) in [7, 11) is 3.35. The quantitative estimate of drug-likeness (QED) is 0.705. The first-order valence-electron chi connectivity index (χ1n) is 9.93. The molecule has 0 radical (unpaired) electrons. The second-order valence-corrected chi connectivity index (χ2v) is 8.43. The van der Waals surface area contributed by atoms with Crippen LogP contribution in [0.1, 0.15) is 48.7 Å². The van der Waals surface area contributed by atoms with Crippen molar-refractivity contribution in [1.82, 2.24) is 4.90 Å². The molecule has 0 aromatic heterocycles. The smallest absolute Gasteiger partial charge is 0.306 e. The van der Waals surface area contributed by atoms with Gasteiger partial charge in [-0.3, -0.25) is 14.4 Å². The summed E-state index contributed by atoms with van der Waals surface area (Å²) in [5.74, 6) is -0.962. The molecule has 0 heterocycles. The van der Waals surface area contributed by atoms with Crippen LogP contribution in [0.4, 0.5) is 5.69 Å². The van der Waals surface area contributed by atoms with E-state index in [0.29, 0.717) is 17.7 Å². The Morgan fingerprint density at radius 3 is 2.07 bits per heavy atom. The molecule has 0 atom stereocenters. The van der Waals surface area contributed by atoms with Crippen molar-refractivity contribution in [2.75, 3.05) is 26.0 Å². The van der Waals surface area contributed by atoms with Crippen LogP contribution in [0.5, 0.6) is 0 Å². The fourth-order valence-corrected chi connectivity index (χ4v) is 2.79. The van der Waals surface area contributed by atoms with Crippen LogP contribution in [0.25, 0.3) is 0 Å². The third-order valence-electron chi connectivity index (χ3n) is 4.62. The van der Waals surface area contributed by atoms with E-state index in [-0.39, 0.29) is 24.3 Å². The summed E-state index contributed by atoms with van der Waals surface area (Å²) in [4.78, 5) is 37.3. The predicted octanol–water partition coefficient (Wildman–Crippen LogP) is 3.80. The van der Waals surface area contributed by atoms with Gasteiger partial charge < -0.3 is 15.0 Å². The van der Waals surface area contributed by atoms with Crippen LogP contribution < -0.4 is 5.32 Å². The number of carbonyl (C=O) groups excluding carboxylic acids is 3. The number of rotatable bonds is 7. The van der Waals surface area contributed by atoms with Gasteiger partial charge in [-0.25, -0.2) is 0 Å². The van der Waals surface area contributed by atoms with E-state index in [9.17, 15) is 14.4 Å². The summed E-state index contributed by atoms with van der Waals surface area (Å²) >= 11 is 0. The first-order valence-corrected chi connectivity index (χ1v) is 9.93. The maximum absolute atomic E-state index is 12.0. The van der Waals surface area contributed by atoms with Crippen molar-refractivity contribution in [2.45, 2.75) is 39.0 Å². The molecule has 6 heteroatoms. The van der Waals surface area contributed by atoms with Gasteiger partial charge in [-0.05, 0) is 47.2 Å². The SMILES string of the molecule is CN(C)C(=O)c1ccc(NC(=O)COC(=O)CCc2ccc(C(C)(C)C)cc2)cc1. The highest BCUT2D eigenvalue weighted by molar-refractivity contribution is 5.96. The Morgan fingerprint density at radius 1 is 0.933 bits per heavy atom. The van der Waals surface area contributed by atoms with Crippen LogP contribution in [-0.2, 0) is 26.2 Å². The van der Waals surface area contributed by atoms with E-state index >= 15 is 0 Å². The minimum atomic E-state index is -0.426. The van der Waals surface area contributed by atoms with Crippen LogP contribution in [0.15, 0.2) is 48.5 Å². The van der Waals surface area contributed by atoms with Gasteiger partial charge in [0.05, 0.1) is 0 Å². The lowest BCUT2D eigenvalue weighted by Crippen LogP contribution is -2.22. The highest BCUT2D eigenvalue weighted by Crippen LogP contribution is 2.22. The number of ether oxygens (including phenoxy) is 1. The highest BCUT2D eigenvalue weighted by Gasteiger charge is 2.14. The molecule has 0 aliphatic heterocycles. The molecule has 160 valence electrons. The molecule has 0 bridgehead atoms. The van der Waals surface area contributed by atoms with Gasteiger partial charge >= 0.3 is 5.97 Å². The zero-order valence-corrected chi connectivity index (χ0v) is 18.3. The van der Waals surface area contributed by atoms with Gasteiger partial charge in [-0.2, -0.15) is 0 Å². The first-order chi connectivity index (χ1) is 14.1. The topological polar surface area (TPSA) is 75.7 Å². The number of hydrogen-bond donors (Lipinski definition) is 1. The molecule has 0 unspecified atom stereocenters. The van der Waals surface area contributed by atoms with E-state index in [4.69, 9.17) is 4.74 Å². The number of esters is 1. The summed E-state index contributed by atoms with van der Waals surface area (Å²) in [6.07, 6.45) is 0.774. The first kappa shape index (κ1) is 23.1. The van der Waals surface area contributed by atoms with E-state index in [1.54, 1.807) is 38.4 Å². The fraction of sp³-hybridized carbons (Fsp3) is 0.375. The van der Waals surface area contributed by atoms with Gasteiger partial charge in [-0.15, -0.1) is 0 Å². The van der Waals surface area contributed by atoms with E-state index in [2.05, 4.69) is 38.2 Å². The maximum atomic E-state index is 12.0. The van der Waals surface area contributed by atoms with Gasteiger partial charge in [0.15, 0.2) is 6.61 Å². The normalized spacial score (nSPS) is 11.0. The number of nitrogens with zero attached hydrogens (tertiary/aromatic N) is 1. The van der Waals surface area contributed by atoms with Gasteiger partial charge in [-0.1, -0.05) is 45.0 Å². The van der Waals surface area contributed by atoms with Crippen LogP contribution in [0.2, 0.25) is 0 Å². The highest BCUT2D eigenvalue weighted by atomic mass is 16.5. The van der Waals surface area contributed by atoms with Crippen LogP contribution in [-0.4, -0.2) is 43.4 Å². The van der Waals surface area contributed by atoms with Crippen LogP contribution >= 0.6 is 0 Å². The lowest BCUT2D eigenvalue weighted by Gasteiger charge is -2.19. The Hall–Kier alpha value is -3.15. The van der Waals surface area contributed by atoms with E-state index < -0.39 is 11.9 Å². The van der Waals surface area contributed by atoms with Crippen LogP contribution in [0, 0.1) is 0 Å². The molecule has 0 spiro atoms. The lowest BCUT2D eigenvalue weighted by atomic mass is 9.86. The average molecular weight is 411 g/mol. The Bertz CT molecular complexity index is 879. The molecule has 2 rings (SSSR count). The third kappa shape index (κ3) is 7.03. The summed E-state index contributed by atoms with van der Waals surface area (Å²) in [5, 5.41) is 2.65. The Balaban J connectivity index is 1.75. The number of nitrogens with one attached hydrogen (secondary N) is 1. The second-order valence-electron chi connectivity index (χ2n) is 8.43. The molecule has 0 saturated carbocycles. The molecule has 2 aromatic carbocycles. The molecule has 2 amide bonds. The molecule has 0 fully saturated rings. The van der Waals surface area contributed by atoms with Crippen molar-refractivity contribution in [3.63, 3.8) is 0 Å². The predicted molar refractivity (Wildman–Crippen MR) is 118 cm³/mol. The zero-order chi connectivity index (χ0) is 22.3. The molecule has 2 aromatic rings. The number of hydrogen-bond acceptors (Lipinski definition) is 4. The molecule has 6 nitrogen and oxygen atoms in total.